The lowest BCUT2D eigenvalue weighted by Crippen LogP contribution is -2.61. The number of benzene rings is 3. The van der Waals surface area contributed by atoms with Crippen molar-refractivity contribution in [2.45, 2.75) is 109 Å². The molecule has 8 rings (SSSR count). The molecule has 67 heavy (non-hydrogen) atoms. The van der Waals surface area contributed by atoms with Crippen molar-refractivity contribution in [3.8, 4) is 22.9 Å². The molecule has 3 fully saturated rings. The standard InChI is InChI=1S/C50H59N9O7S/c1-8-32-25-50(32,46(63)58-57-43(60)31-18-17-29-13-9-10-14-30(29)21-31)56-44(61)40-23-35(26-59(40)45(62)42(49(4,5)6)55-47(64)52-33-15-11-12-16-33)66-41-24-38(39-27-67-48(54-39)51-28(2)3)53-37-22-34(65-7)19-20-36(37)41/h8-10,13-14,17-22,24,27-28,32-33,35,40,42H,1,11-12,15-16,23,25-26H2,2-7H3,(H,51,54)(H,56,61)(H,57,60)(H,58,63)(H2,52,55,64)/t32-,35-,40+,42-,50+/m1/s1. The molecule has 352 valence electrons. The summed E-state index contributed by atoms with van der Waals surface area (Å²) in [5.74, 6) is -1.65. The van der Waals surface area contributed by atoms with Crippen LogP contribution in [-0.4, -0.2) is 94.0 Å². The second-order valence-electron chi connectivity index (χ2n) is 19.1. The molecule has 0 radical (unpaired) electrons. The Labute approximate surface area is 394 Å². The molecule has 0 bridgehead atoms. The number of anilines is 1. The van der Waals surface area contributed by atoms with Crippen LogP contribution in [0.4, 0.5) is 9.93 Å². The van der Waals surface area contributed by atoms with Crippen LogP contribution >= 0.6 is 11.3 Å². The molecule has 1 saturated heterocycles. The summed E-state index contributed by atoms with van der Waals surface area (Å²) in [5, 5.41) is 17.4. The molecule has 6 amide bonds. The second-order valence-corrected chi connectivity index (χ2v) is 19.9. The van der Waals surface area contributed by atoms with Gasteiger partial charge in [0, 0.05) is 52.9 Å². The highest BCUT2D eigenvalue weighted by atomic mass is 32.1. The Morgan fingerprint density at radius 1 is 0.940 bits per heavy atom. The highest BCUT2D eigenvalue weighted by molar-refractivity contribution is 7.14. The predicted octanol–water partition coefficient (Wildman–Crippen LogP) is 6.87. The van der Waals surface area contributed by atoms with Crippen molar-refractivity contribution in [1.82, 2.24) is 41.7 Å². The summed E-state index contributed by atoms with van der Waals surface area (Å²) in [6.07, 6.45) is 4.89. The van der Waals surface area contributed by atoms with Crippen molar-refractivity contribution in [3.05, 3.63) is 90.3 Å². The zero-order valence-electron chi connectivity index (χ0n) is 38.7. The molecule has 16 nitrogen and oxygen atoms in total. The number of hydrazine groups is 1. The van der Waals surface area contributed by atoms with Gasteiger partial charge in [0.25, 0.3) is 11.8 Å². The van der Waals surface area contributed by atoms with Crippen molar-refractivity contribution >= 4 is 67.8 Å². The van der Waals surface area contributed by atoms with Gasteiger partial charge in [0.05, 0.1) is 24.9 Å². The number of methoxy groups -OCH3 is 1. The van der Waals surface area contributed by atoms with Crippen LogP contribution in [0.5, 0.6) is 11.5 Å². The highest BCUT2D eigenvalue weighted by Crippen LogP contribution is 2.45. The highest BCUT2D eigenvalue weighted by Gasteiger charge is 2.61. The van der Waals surface area contributed by atoms with E-state index in [-0.39, 0.29) is 31.5 Å². The van der Waals surface area contributed by atoms with E-state index in [2.05, 4.69) is 38.7 Å². The first-order valence-corrected chi connectivity index (χ1v) is 23.7. The molecule has 3 aromatic carbocycles. The summed E-state index contributed by atoms with van der Waals surface area (Å²) in [6, 6.07) is 17.7. The number of amides is 6. The van der Waals surface area contributed by atoms with Crippen LogP contribution in [-0.2, 0) is 14.4 Å². The van der Waals surface area contributed by atoms with E-state index in [0.29, 0.717) is 39.4 Å². The molecule has 1 aliphatic heterocycles. The third-order valence-corrected chi connectivity index (χ3v) is 13.5. The average molecular weight is 930 g/mol. The van der Waals surface area contributed by atoms with Gasteiger partial charge < -0.3 is 35.6 Å². The first kappa shape index (κ1) is 46.8. The minimum absolute atomic E-state index is 0.0113. The van der Waals surface area contributed by atoms with Crippen molar-refractivity contribution in [1.29, 1.82) is 0 Å². The second kappa shape index (κ2) is 19.2. The van der Waals surface area contributed by atoms with Crippen molar-refractivity contribution < 1.29 is 33.4 Å². The molecule has 0 spiro atoms. The maximum atomic E-state index is 15.0. The lowest BCUT2D eigenvalue weighted by atomic mass is 9.85. The third kappa shape index (κ3) is 10.3. The Hall–Kier alpha value is -6.75. The Morgan fingerprint density at radius 3 is 2.40 bits per heavy atom. The minimum atomic E-state index is -1.46. The Balaban J connectivity index is 1.07. The topological polar surface area (TPSA) is 205 Å². The number of carbonyl (C=O) groups excluding carboxylic acids is 5. The first-order valence-electron chi connectivity index (χ1n) is 22.8. The fraction of sp³-hybridized carbons (Fsp3) is 0.420. The van der Waals surface area contributed by atoms with E-state index in [4.69, 9.17) is 19.4 Å². The molecule has 2 aromatic heterocycles. The predicted molar refractivity (Wildman–Crippen MR) is 259 cm³/mol. The number of aromatic nitrogens is 2. The van der Waals surface area contributed by atoms with Gasteiger partial charge in [0.1, 0.15) is 40.9 Å². The third-order valence-electron chi connectivity index (χ3n) is 12.7. The lowest BCUT2D eigenvalue weighted by molar-refractivity contribution is -0.142. The largest absolute Gasteiger partial charge is 0.497 e. The Bertz CT molecular complexity index is 2710. The minimum Gasteiger partial charge on any atom is -0.497 e. The molecule has 0 unspecified atom stereocenters. The summed E-state index contributed by atoms with van der Waals surface area (Å²) in [7, 11) is 1.58. The van der Waals surface area contributed by atoms with Gasteiger partial charge in [-0.1, -0.05) is 70.0 Å². The van der Waals surface area contributed by atoms with Crippen LogP contribution in [0.15, 0.2) is 84.8 Å². The van der Waals surface area contributed by atoms with Gasteiger partial charge in [0.15, 0.2) is 5.13 Å². The zero-order chi connectivity index (χ0) is 47.6. The van der Waals surface area contributed by atoms with Crippen LogP contribution in [0.2, 0.25) is 0 Å². The normalized spacial score (nSPS) is 20.8. The first-order chi connectivity index (χ1) is 32.0. The summed E-state index contributed by atoms with van der Waals surface area (Å²) < 4.78 is 12.4. The number of likely N-dealkylation sites (tertiary alicyclic amines) is 1. The van der Waals surface area contributed by atoms with Crippen LogP contribution in [0.3, 0.4) is 0 Å². The molecular weight excluding hydrogens is 871 g/mol. The quantitative estimate of drug-likeness (QED) is 0.0504. The van der Waals surface area contributed by atoms with Gasteiger partial charge in [0.2, 0.25) is 11.8 Å². The number of hydrogen-bond acceptors (Lipinski definition) is 11. The SMILES string of the molecule is C=C[C@@H]1C[C@@]1(NC(=O)[C@@H]1C[C@@H](Oc2cc(-c3csc(NC(C)C)n3)nc3cc(OC)ccc23)CN1C(=O)[C@@H](NC(=O)NC1CCCC1)C(C)(C)C)C(=O)NNC(=O)c1ccc2ccccc2c1. The van der Waals surface area contributed by atoms with E-state index in [1.165, 1.54) is 16.2 Å². The van der Waals surface area contributed by atoms with E-state index < -0.39 is 64.7 Å². The van der Waals surface area contributed by atoms with Crippen molar-refractivity contribution in [3.63, 3.8) is 0 Å². The molecular formula is C50H59N9O7S. The number of rotatable bonds is 14. The molecule has 2 aliphatic carbocycles. The van der Waals surface area contributed by atoms with Gasteiger partial charge in [-0.15, -0.1) is 17.9 Å². The number of thiazole rings is 1. The molecule has 5 aromatic rings. The van der Waals surface area contributed by atoms with E-state index in [9.17, 15) is 24.0 Å². The number of urea groups is 1. The number of pyridine rings is 1. The van der Waals surface area contributed by atoms with E-state index in [1.807, 2.05) is 82.5 Å². The summed E-state index contributed by atoms with van der Waals surface area (Å²) >= 11 is 1.46. The number of nitrogens with one attached hydrogen (secondary N) is 6. The monoisotopic (exact) mass is 929 g/mol. The van der Waals surface area contributed by atoms with Crippen LogP contribution < -0.4 is 41.6 Å². The van der Waals surface area contributed by atoms with Gasteiger partial charge in [-0.2, -0.15) is 0 Å². The van der Waals surface area contributed by atoms with Gasteiger partial charge >= 0.3 is 6.03 Å². The summed E-state index contributed by atoms with van der Waals surface area (Å²) in [6.45, 7) is 13.5. The summed E-state index contributed by atoms with van der Waals surface area (Å²) in [5.41, 5.74) is 4.92. The number of fused-ring (bicyclic) bond motifs is 2. The number of nitrogens with zero attached hydrogens (tertiary/aromatic N) is 3. The number of ether oxygens (including phenoxy) is 2. The number of carbonyl (C=O) groups is 5. The molecule has 3 heterocycles. The van der Waals surface area contributed by atoms with Crippen LogP contribution in [0, 0.1) is 11.3 Å². The van der Waals surface area contributed by atoms with Crippen molar-refractivity contribution in [2.24, 2.45) is 11.3 Å². The van der Waals surface area contributed by atoms with E-state index >= 15 is 0 Å². The van der Waals surface area contributed by atoms with Gasteiger partial charge in [-0.3, -0.25) is 30.0 Å². The molecule has 2 saturated carbocycles. The molecule has 6 N–H and O–H groups in total. The van der Waals surface area contributed by atoms with Crippen molar-refractivity contribution in [2.75, 3.05) is 19.0 Å². The van der Waals surface area contributed by atoms with Gasteiger partial charge in [-0.05, 0) is 73.6 Å². The van der Waals surface area contributed by atoms with E-state index in [1.54, 1.807) is 37.5 Å². The Morgan fingerprint density at radius 2 is 1.70 bits per heavy atom. The number of hydrogen-bond donors (Lipinski definition) is 6. The van der Waals surface area contributed by atoms with Gasteiger partial charge in [-0.25, -0.2) is 14.8 Å². The smallest absolute Gasteiger partial charge is 0.315 e. The molecule has 5 atom stereocenters. The van der Waals surface area contributed by atoms with Crippen LogP contribution in [0.25, 0.3) is 33.1 Å². The van der Waals surface area contributed by atoms with E-state index in [0.717, 1.165) is 41.6 Å². The maximum absolute atomic E-state index is 15.0. The fourth-order valence-electron chi connectivity index (χ4n) is 9.00. The fourth-order valence-corrected chi connectivity index (χ4v) is 9.85. The lowest BCUT2D eigenvalue weighted by Gasteiger charge is -2.35. The van der Waals surface area contributed by atoms with Crippen LogP contribution in [0.1, 0.15) is 83.5 Å². The summed E-state index contributed by atoms with van der Waals surface area (Å²) in [4.78, 5) is 81.7. The maximum Gasteiger partial charge on any atom is 0.315 e. The Kier molecular flexibility index (Phi) is 13.4. The average Bonchev–Trinajstić information content (AvgIpc) is 3.72. The zero-order valence-corrected chi connectivity index (χ0v) is 39.6. The molecule has 17 heteroatoms. The molecule has 3 aliphatic rings.